The van der Waals surface area contributed by atoms with Crippen molar-refractivity contribution < 1.29 is 14.0 Å². The topological polar surface area (TPSA) is 32.8 Å². The summed E-state index contributed by atoms with van der Waals surface area (Å²) in [5.74, 6) is -0.0955. The van der Waals surface area contributed by atoms with E-state index < -0.39 is 5.60 Å². The monoisotopic (exact) mass is 302 g/mol. The summed E-state index contributed by atoms with van der Waals surface area (Å²) in [6.07, 6.45) is 0. The Labute approximate surface area is 131 Å². The largest absolute Gasteiger partial charge is 0.456 e. The molecule has 0 unspecified atom stereocenters. The van der Waals surface area contributed by atoms with Gasteiger partial charge in [0.05, 0.1) is 19.6 Å². The highest BCUT2D eigenvalue weighted by Crippen LogP contribution is 2.12. The lowest BCUT2D eigenvalue weighted by Crippen LogP contribution is -2.57. The summed E-state index contributed by atoms with van der Waals surface area (Å²) in [5, 5.41) is 0. The first-order chi connectivity index (χ1) is 9.49. The molecule has 0 bridgehead atoms. The second-order valence-electron chi connectivity index (χ2n) is 7.46. The maximum atomic E-state index is 12.3. The predicted molar refractivity (Wildman–Crippen MR) is 88.4 cm³/mol. The van der Waals surface area contributed by atoms with Crippen LogP contribution in [-0.2, 0) is 9.53 Å². The first kappa shape index (κ1) is 20.3. The van der Waals surface area contributed by atoms with Crippen LogP contribution < -0.4 is 0 Å². The molecule has 126 valence electrons. The summed E-state index contributed by atoms with van der Waals surface area (Å²) in [4.78, 5) is 16.6. The van der Waals surface area contributed by atoms with Crippen LogP contribution in [0.2, 0.25) is 0 Å². The van der Waals surface area contributed by atoms with Crippen molar-refractivity contribution in [1.29, 1.82) is 0 Å². The number of rotatable bonds is 9. The molecule has 5 nitrogen and oxygen atoms in total. The highest BCUT2D eigenvalue weighted by Gasteiger charge is 2.31. The normalized spacial score (nSPS) is 13.0. The van der Waals surface area contributed by atoms with E-state index >= 15 is 0 Å². The molecule has 0 N–H and O–H groups in total. The average Bonchev–Trinajstić information content (AvgIpc) is 2.30. The van der Waals surface area contributed by atoms with Gasteiger partial charge in [-0.15, -0.1) is 0 Å². The van der Waals surface area contributed by atoms with E-state index in [0.29, 0.717) is 6.54 Å². The van der Waals surface area contributed by atoms with Gasteiger partial charge in [0, 0.05) is 13.1 Å². The minimum Gasteiger partial charge on any atom is -0.456 e. The van der Waals surface area contributed by atoms with Gasteiger partial charge in [-0.25, -0.2) is 4.79 Å². The van der Waals surface area contributed by atoms with Gasteiger partial charge in [-0.05, 0) is 55.9 Å². The van der Waals surface area contributed by atoms with E-state index in [2.05, 4.69) is 44.9 Å². The molecule has 0 amide bonds. The molecule has 21 heavy (non-hydrogen) atoms. The molecule has 5 heteroatoms. The van der Waals surface area contributed by atoms with Crippen LogP contribution in [0.4, 0.5) is 0 Å². The number of quaternary nitrogens is 1. The van der Waals surface area contributed by atoms with Gasteiger partial charge in [-0.2, -0.15) is 0 Å². The minimum atomic E-state index is -0.413. The number of carbonyl (C=O) groups excluding carboxylic acids is 1. The van der Waals surface area contributed by atoms with Crippen molar-refractivity contribution in [2.75, 3.05) is 67.5 Å². The molecule has 0 aromatic heterocycles. The van der Waals surface area contributed by atoms with E-state index in [-0.39, 0.29) is 5.97 Å². The van der Waals surface area contributed by atoms with Crippen LogP contribution in [0.1, 0.15) is 27.7 Å². The van der Waals surface area contributed by atoms with Gasteiger partial charge in [-0.1, -0.05) is 0 Å². The van der Waals surface area contributed by atoms with Gasteiger partial charge in [0.25, 0.3) is 0 Å². The third-order valence-corrected chi connectivity index (χ3v) is 3.60. The summed E-state index contributed by atoms with van der Waals surface area (Å²) in [7, 11) is 8.29. The Balaban J connectivity index is 4.85. The van der Waals surface area contributed by atoms with E-state index in [1.54, 1.807) is 0 Å². The molecule has 0 heterocycles. The zero-order chi connectivity index (χ0) is 16.7. The second kappa shape index (κ2) is 8.71. The molecule has 0 aromatic rings. The molecular weight excluding hydrogens is 266 g/mol. The molecule has 0 saturated carbocycles. The van der Waals surface area contributed by atoms with Crippen molar-refractivity contribution in [3.05, 3.63) is 0 Å². The van der Waals surface area contributed by atoms with Gasteiger partial charge in [-0.3, -0.25) is 0 Å². The van der Waals surface area contributed by atoms with Crippen molar-refractivity contribution in [1.82, 2.24) is 9.80 Å². The smallest absolute Gasteiger partial charge is 0.362 e. The number of ether oxygens (including phenoxy) is 1. The Kier molecular flexibility index (Phi) is 8.44. The zero-order valence-corrected chi connectivity index (χ0v) is 15.4. The van der Waals surface area contributed by atoms with E-state index in [0.717, 1.165) is 37.2 Å². The Morgan fingerprint density at radius 2 is 1.43 bits per heavy atom. The lowest BCUT2D eigenvalue weighted by Gasteiger charge is -2.39. The lowest BCUT2D eigenvalue weighted by atomic mass is 10.2. The Bertz CT molecular complexity index is 297. The van der Waals surface area contributed by atoms with Gasteiger partial charge < -0.3 is 19.0 Å². The highest BCUT2D eigenvalue weighted by molar-refractivity contribution is 5.71. The van der Waals surface area contributed by atoms with Crippen molar-refractivity contribution in [2.24, 2.45) is 0 Å². The standard InChI is InChI=1S/C16H36N3O2/c1-9-19(12-10-17(5)6,13-11-18(7)8)14-15(20)21-16(2,3)4/h9-14H2,1-8H3/q+1. The van der Waals surface area contributed by atoms with Gasteiger partial charge >= 0.3 is 5.97 Å². The van der Waals surface area contributed by atoms with Gasteiger partial charge in [0.1, 0.15) is 5.60 Å². The molecule has 0 rings (SSSR count). The molecule has 0 saturated heterocycles. The third kappa shape index (κ3) is 9.82. The number of likely N-dealkylation sites (N-methyl/N-ethyl adjacent to an activating group) is 3. The predicted octanol–water partition coefficient (Wildman–Crippen LogP) is 1.29. The Morgan fingerprint density at radius 1 is 1.00 bits per heavy atom. The van der Waals surface area contributed by atoms with Crippen molar-refractivity contribution in [3.63, 3.8) is 0 Å². The fraction of sp³-hybridized carbons (Fsp3) is 0.938. The molecule has 0 spiro atoms. The van der Waals surface area contributed by atoms with Crippen LogP contribution in [0, 0.1) is 0 Å². The van der Waals surface area contributed by atoms with Crippen LogP contribution in [-0.4, -0.2) is 93.3 Å². The number of esters is 1. The summed E-state index contributed by atoms with van der Waals surface area (Å²) in [6, 6.07) is 0. The van der Waals surface area contributed by atoms with Crippen LogP contribution >= 0.6 is 0 Å². The van der Waals surface area contributed by atoms with E-state index in [9.17, 15) is 4.79 Å². The molecule has 0 atom stereocenters. The molecular formula is C16H36N3O2+. The average molecular weight is 302 g/mol. The van der Waals surface area contributed by atoms with E-state index in [1.807, 2.05) is 20.8 Å². The molecule has 0 radical (unpaired) electrons. The number of nitrogens with zero attached hydrogens (tertiary/aromatic N) is 3. The van der Waals surface area contributed by atoms with Crippen LogP contribution in [0.5, 0.6) is 0 Å². The first-order valence-corrected chi connectivity index (χ1v) is 7.86. The Hall–Kier alpha value is -0.650. The van der Waals surface area contributed by atoms with E-state index in [4.69, 9.17) is 4.74 Å². The second-order valence-corrected chi connectivity index (χ2v) is 7.46. The highest BCUT2D eigenvalue weighted by atomic mass is 16.6. The Morgan fingerprint density at radius 3 is 1.71 bits per heavy atom. The first-order valence-electron chi connectivity index (χ1n) is 7.86. The molecule has 0 aromatic carbocycles. The van der Waals surface area contributed by atoms with Crippen LogP contribution in [0.3, 0.4) is 0 Å². The molecule has 0 aliphatic heterocycles. The van der Waals surface area contributed by atoms with Crippen molar-refractivity contribution in [2.45, 2.75) is 33.3 Å². The SMILES string of the molecule is CC[N+](CCN(C)C)(CCN(C)C)CC(=O)OC(C)(C)C. The van der Waals surface area contributed by atoms with E-state index in [1.165, 1.54) is 0 Å². The lowest BCUT2D eigenvalue weighted by molar-refractivity contribution is -0.918. The summed E-state index contributed by atoms with van der Waals surface area (Å²) < 4.78 is 6.31. The number of hydrogen-bond acceptors (Lipinski definition) is 4. The van der Waals surface area contributed by atoms with Crippen molar-refractivity contribution in [3.8, 4) is 0 Å². The minimum absolute atomic E-state index is 0.0955. The summed E-state index contributed by atoms with van der Waals surface area (Å²) in [6.45, 7) is 13.2. The quantitative estimate of drug-likeness (QED) is 0.475. The fourth-order valence-electron chi connectivity index (χ4n) is 2.17. The number of hydrogen-bond donors (Lipinski definition) is 0. The van der Waals surface area contributed by atoms with Crippen LogP contribution in [0.25, 0.3) is 0 Å². The maximum Gasteiger partial charge on any atom is 0.362 e. The molecule has 0 aliphatic carbocycles. The van der Waals surface area contributed by atoms with Crippen molar-refractivity contribution >= 4 is 5.97 Å². The summed E-state index contributed by atoms with van der Waals surface area (Å²) in [5.41, 5.74) is -0.413. The summed E-state index contributed by atoms with van der Waals surface area (Å²) >= 11 is 0. The van der Waals surface area contributed by atoms with Gasteiger partial charge in [0.15, 0.2) is 6.54 Å². The zero-order valence-electron chi connectivity index (χ0n) is 15.4. The molecule has 0 aliphatic rings. The number of carbonyl (C=O) groups is 1. The van der Waals surface area contributed by atoms with Crippen LogP contribution in [0.15, 0.2) is 0 Å². The third-order valence-electron chi connectivity index (χ3n) is 3.60. The maximum absolute atomic E-state index is 12.3. The van der Waals surface area contributed by atoms with Gasteiger partial charge in [0.2, 0.25) is 0 Å². The molecule has 0 fully saturated rings. The fourth-order valence-corrected chi connectivity index (χ4v) is 2.17.